The van der Waals surface area contributed by atoms with Crippen molar-refractivity contribution in [2.75, 3.05) is 7.05 Å². The van der Waals surface area contributed by atoms with E-state index in [2.05, 4.69) is 18.3 Å². The first-order valence-corrected chi connectivity index (χ1v) is 7.37. The van der Waals surface area contributed by atoms with Crippen LogP contribution in [0.3, 0.4) is 0 Å². The normalized spacial score (nSPS) is 18.6. The summed E-state index contributed by atoms with van der Waals surface area (Å²) in [6.45, 7) is 2.11. The SMILES string of the molecule is CNC(C1=CCCCC1)C(C)Oc1cccc(Cl)c1. The average Bonchev–Trinajstić information content (AvgIpc) is 2.41. The van der Waals surface area contributed by atoms with E-state index in [-0.39, 0.29) is 12.1 Å². The zero-order chi connectivity index (χ0) is 13.7. The Balaban J connectivity index is 2.04. The van der Waals surface area contributed by atoms with Crippen molar-refractivity contribution in [1.29, 1.82) is 0 Å². The lowest BCUT2D eigenvalue weighted by atomic mass is 9.91. The van der Waals surface area contributed by atoms with Crippen LogP contribution in [0.25, 0.3) is 0 Å². The summed E-state index contributed by atoms with van der Waals surface area (Å²) in [6, 6.07) is 7.86. The second-order valence-electron chi connectivity index (χ2n) is 5.07. The van der Waals surface area contributed by atoms with Crippen molar-refractivity contribution < 1.29 is 4.74 Å². The number of likely N-dealkylation sites (N-methyl/N-ethyl adjacent to an activating group) is 1. The molecule has 0 radical (unpaired) electrons. The van der Waals surface area contributed by atoms with Crippen LogP contribution in [0.15, 0.2) is 35.9 Å². The van der Waals surface area contributed by atoms with Crippen LogP contribution in [0.4, 0.5) is 0 Å². The predicted octanol–water partition coefficient (Wildman–Crippen LogP) is 4.20. The first-order valence-electron chi connectivity index (χ1n) is 6.99. The lowest BCUT2D eigenvalue weighted by Gasteiger charge is -2.28. The average molecular weight is 280 g/mol. The van der Waals surface area contributed by atoms with Gasteiger partial charge in [-0.1, -0.05) is 29.3 Å². The first kappa shape index (κ1) is 14.4. The molecule has 0 heterocycles. The highest BCUT2D eigenvalue weighted by molar-refractivity contribution is 6.30. The summed E-state index contributed by atoms with van der Waals surface area (Å²) in [6.07, 6.45) is 7.42. The van der Waals surface area contributed by atoms with E-state index in [4.69, 9.17) is 16.3 Å². The third-order valence-electron chi connectivity index (χ3n) is 3.62. The van der Waals surface area contributed by atoms with Gasteiger partial charge < -0.3 is 10.1 Å². The van der Waals surface area contributed by atoms with Crippen molar-refractivity contribution in [1.82, 2.24) is 5.32 Å². The lowest BCUT2D eigenvalue weighted by Crippen LogP contribution is -2.41. The summed E-state index contributed by atoms with van der Waals surface area (Å²) >= 11 is 5.98. The molecule has 1 N–H and O–H groups in total. The molecule has 2 rings (SSSR count). The van der Waals surface area contributed by atoms with Gasteiger partial charge >= 0.3 is 0 Å². The Morgan fingerprint density at radius 2 is 2.16 bits per heavy atom. The Hall–Kier alpha value is -0.990. The van der Waals surface area contributed by atoms with Crippen molar-refractivity contribution >= 4 is 11.6 Å². The fourth-order valence-electron chi connectivity index (χ4n) is 2.69. The smallest absolute Gasteiger partial charge is 0.121 e. The number of ether oxygens (including phenoxy) is 1. The molecule has 104 valence electrons. The quantitative estimate of drug-likeness (QED) is 0.816. The molecule has 1 aromatic rings. The van der Waals surface area contributed by atoms with Crippen LogP contribution in [0.5, 0.6) is 5.75 Å². The van der Waals surface area contributed by atoms with Gasteiger partial charge in [-0.3, -0.25) is 0 Å². The summed E-state index contributed by atoms with van der Waals surface area (Å²) in [5.41, 5.74) is 1.48. The van der Waals surface area contributed by atoms with E-state index in [1.807, 2.05) is 31.3 Å². The summed E-state index contributed by atoms with van der Waals surface area (Å²) < 4.78 is 6.01. The fourth-order valence-corrected chi connectivity index (χ4v) is 2.87. The number of hydrogen-bond donors (Lipinski definition) is 1. The third-order valence-corrected chi connectivity index (χ3v) is 3.86. The molecule has 1 aliphatic rings. The second kappa shape index (κ2) is 6.97. The highest BCUT2D eigenvalue weighted by atomic mass is 35.5. The molecule has 0 aliphatic heterocycles. The first-order chi connectivity index (χ1) is 9.20. The Morgan fingerprint density at radius 1 is 1.32 bits per heavy atom. The van der Waals surface area contributed by atoms with E-state index >= 15 is 0 Å². The molecule has 1 aromatic carbocycles. The van der Waals surface area contributed by atoms with Crippen molar-refractivity contribution in [2.24, 2.45) is 0 Å². The van der Waals surface area contributed by atoms with E-state index in [1.54, 1.807) is 0 Å². The number of nitrogens with one attached hydrogen (secondary N) is 1. The van der Waals surface area contributed by atoms with E-state index in [0.717, 1.165) is 5.75 Å². The molecule has 0 saturated heterocycles. The molecule has 0 fully saturated rings. The second-order valence-corrected chi connectivity index (χ2v) is 5.51. The number of rotatable bonds is 5. The molecule has 1 aliphatic carbocycles. The van der Waals surface area contributed by atoms with E-state index < -0.39 is 0 Å². The van der Waals surface area contributed by atoms with E-state index in [1.165, 1.54) is 31.3 Å². The van der Waals surface area contributed by atoms with E-state index in [0.29, 0.717) is 5.02 Å². The van der Waals surface area contributed by atoms with Crippen LogP contribution in [-0.4, -0.2) is 19.2 Å². The maximum atomic E-state index is 6.01. The molecule has 0 saturated carbocycles. The Bertz CT molecular complexity index is 444. The molecule has 0 amide bonds. The van der Waals surface area contributed by atoms with Crippen LogP contribution in [0, 0.1) is 0 Å². The van der Waals surface area contributed by atoms with Crippen molar-refractivity contribution in [3.05, 3.63) is 40.9 Å². The fraction of sp³-hybridized carbons (Fsp3) is 0.500. The number of allylic oxidation sites excluding steroid dienone is 1. The van der Waals surface area contributed by atoms with Crippen LogP contribution in [0.2, 0.25) is 5.02 Å². The number of benzene rings is 1. The summed E-state index contributed by atoms with van der Waals surface area (Å²) in [4.78, 5) is 0. The molecular formula is C16H22ClNO. The summed E-state index contributed by atoms with van der Waals surface area (Å²) in [7, 11) is 2.00. The minimum atomic E-state index is 0.0906. The molecule has 2 unspecified atom stereocenters. The molecule has 19 heavy (non-hydrogen) atoms. The number of hydrogen-bond acceptors (Lipinski definition) is 2. The van der Waals surface area contributed by atoms with Crippen molar-refractivity contribution in [3.63, 3.8) is 0 Å². The zero-order valence-electron chi connectivity index (χ0n) is 11.7. The van der Waals surface area contributed by atoms with Gasteiger partial charge in [0.25, 0.3) is 0 Å². The summed E-state index contributed by atoms with van der Waals surface area (Å²) in [5, 5.41) is 4.09. The van der Waals surface area contributed by atoms with E-state index in [9.17, 15) is 0 Å². The largest absolute Gasteiger partial charge is 0.489 e. The highest BCUT2D eigenvalue weighted by Gasteiger charge is 2.22. The highest BCUT2D eigenvalue weighted by Crippen LogP contribution is 2.25. The van der Waals surface area contributed by atoms with Crippen LogP contribution >= 0.6 is 11.6 Å². The van der Waals surface area contributed by atoms with Crippen molar-refractivity contribution in [3.8, 4) is 5.75 Å². The van der Waals surface area contributed by atoms with Gasteiger partial charge in [-0.2, -0.15) is 0 Å². The Morgan fingerprint density at radius 3 is 2.79 bits per heavy atom. The van der Waals surface area contributed by atoms with Gasteiger partial charge in [-0.25, -0.2) is 0 Å². The van der Waals surface area contributed by atoms with Gasteiger partial charge in [-0.05, 0) is 57.9 Å². The van der Waals surface area contributed by atoms with Gasteiger partial charge in [0.15, 0.2) is 0 Å². The number of halogens is 1. The Labute approximate surface area is 120 Å². The van der Waals surface area contributed by atoms with Gasteiger partial charge in [-0.15, -0.1) is 0 Å². The minimum Gasteiger partial charge on any atom is -0.489 e. The molecule has 2 atom stereocenters. The Kier molecular flexibility index (Phi) is 5.29. The standard InChI is InChI=1S/C16H22ClNO/c1-12(19-15-10-6-9-14(17)11-15)16(18-2)13-7-4-3-5-8-13/h6-7,9-12,16,18H,3-5,8H2,1-2H3. The molecular weight excluding hydrogens is 258 g/mol. The molecule has 2 nitrogen and oxygen atoms in total. The predicted molar refractivity (Wildman–Crippen MR) is 80.9 cm³/mol. The van der Waals surface area contributed by atoms with Crippen LogP contribution in [-0.2, 0) is 0 Å². The maximum absolute atomic E-state index is 6.01. The van der Waals surface area contributed by atoms with Gasteiger partial charge in [0.1, 0.15) is 11.9 Å². The van der Waals surface area contributed by atoms with Crippen molar-refractivity contribution in [2.45, 2.75) is 44.8 Å². The van der Waals surface area contributed by atoms with Crippen LogP contribution in [0.1, 0.15) is 32.6 Å². The van der Waals surface area contributed by atoms with Gasteiger partial charge in [0, 0.05) is 5.02 Å². The summed E-state index contributed by atoms with van der Waals surface area (Å²) in [5.74, 6) is 0.830. The molecule has 0 aromatic heterocycles. The molecule has 0 spiro atoms. The maximum Gasteiger partial charge on any atom is 0.121 e. The van der Waals surface area contributed by atoms with Gasteiger partial charge in [0.2, 0.25) is 0 Å². The van der Waals surface area contributed by atoms with Crippen LogP contribution < -0.4 is 10.1 Å². The monoisotopic (exact) mass is 279 g/mol. The molecule has 3 heteroatoms. The topological polar surface area (TPSA) is 21.3 Å². The zero-order valence-corrected chi connectivity index (χ0v) is 12.4. The molecule has 0 bridgehead atoms. The lowest BCUT2D eigenvalue weighted by molar-refractivity contribution is 0.186. The van der Waals surface area contributed by atoms with Gasteiger partial charge in [0.05, 0.1) is 6.04 Å². The third kappa shape index (κ3) is 3.99. The minimum absolute atomic E-state index is 0.0906.